The molecule has 1 aliphatic rings. The number of hydrogen-bond donors (Lipinski definition) is 2. The molecule has 1 saturated carbocycles. The van der Waals surface area contributed by atoms with Crippen molar-refractivity contribution >= 4 is 5.91 Å². The van der Waals surface area contributed by atoms with E-state index in [9.17, 15) is 9.90 Å². The Balaban J connectivity index is 1.89. The van der Waals surface area contributed by atoms with Crippen molar-refractivity contribution in [2.24, 2.45) is 5.92 Å². The molecule has 0 bridgehead atoms. The van der Waals surface area contributed by atoms with Gasteiger partial charge in [0.15, 0.2) is 0 Å². The minimum absolute atomic E-state index is 0.0263. The molecule has 1 atom stereocenters. The van der Waals surface area contributed by atoms with Gasteiger partial charge in [-0.15, -0.1) is 0 Å². The van der Waals surface area contributed by atoms with Crippen LogP contribution in [-0.4, -0.2) is 33.6 Å². The van der Waals surface area contributed by atoms with Crippen LogP contribution in [-0.2, 0) is 0 Å². The lowest BCUT2D eigenvalue weighted by Crippen LogP contribution is -2.39. The predicted octanol–water partition coefficient (Wildman–Crippen LogP) is 1.46. The molecule has 19 heavy (non-hydrogen) atoms. The van der Waals surface area contributed by atoms with E-state index < -0.39 is 0 Å². The van der Waals surface area contributed by atoms with E-state index in [2.05, 4.69) is 15.3 Å². The van der Waals surface area contributed by atoms with Crippen LogP contribution in [0, 0.1) is 12.8 Å². The fourth-order valence-electron chi connectivity index (χ4n) is 2.60. The highest BCUT2D eigenvalue weighted by molar-refractivity contribution is 5.92. The zero-order valence-electron chi connectivity index (χ0n) is 11.3. The molecule has 0 unspecified atom stereocenters. The molecule has 2 rings (SSSR count). The van der Waals surface area contributed by atoms with E-state index in [-0.39, 0.29) is 18.6 Å². The molecule has 0 spiro atoms. The quantitative estimate of drug-likeness (QED) is 0.843. The van der Waals surface area contributed by atoms with Crippen molar-refractivity contribution in [3.05, 3.63) is 23.8 Å². The van der Waals surface area contributed by atoms with Gasteiger partial charge in [-0.3, -0.25) is 9.78 Å². The molecule has 1 aromatic heterocycles. The van der Waals surface area contributed by atoms with E-state index in [1.165, 1.54) is 31.9 Å². The van der Waals surface area contributed by atoms with Crippen LogP contribution in [0.2, 0.25) is 0 Å². The molecule has 1 fully saturated rings. The first kappa shape index (κ1) is 13.9. The summed E-state index contributed by atoms with van der Waals surface area (Å²) in [7, 11) is 0. The van der Waals surface area contributed by atoms with Crippen LogP contribution in [0.1, 0.15) is 48.3 Å². The predicted molar refractivity (Wildman–Crippen MR) is 71.7 cm³/mol. The monoisotopic (exact) mass is 263 g/mol. The summed E-state index contributed by atoms with van der Waals surface area (Å²) in [6.07, 6.45) is 8.82. The standard InChI is InChI=1S/C14H21N3O2/c1-10-7-16-13(8-15-10)14(19)17-12(9-18)6-11-4-2-3-5-11/h7-8,11-12,18H,2-6,9H2,1H3,(H,17,19)/t12-/m1/s1. The van der Waals surface area contributed by atoms with Gasteiger partial charge >= 0.3 is 0 Å². The smallest absolute Gasteiger partial charge is 0.271 e. The molecule has 0 aromatic carbocycles. The fourth-order valence-corrected chi connectivity index (χ4v) is 2.60. The van der Waals surface area contributed by atoms with Gasteiger partial charge in [0.2, 0.25) is 0 Å². The number of amides is 1. The highest BCUT2D eigenvalue weighted by Crippen LogP contribution is 2.28. The molecule has 5 nitrogen and oxygen atoms in total. The third-order valence-electron chi connectivity index (χ3n) is 3.66. The molecule has 1 heterocycles. The largest absolute Gasteiger partial charge is 0.394 e. The summed E-state index contributed by atoms with van der Waals surface area (Å²) < 4.78 is 0. The van der Waals surface area contributed by atoms with Crippen LogP contribution in [0.15, 0.2) is 12.4 Å². The second kappa shape index (κ2) is 6.61. The van der Waals surface area contributed by atoms with Crippen LogP contribution in [0.5, 0.6) is 0 Å². The zero-order valence-corrected chi connectivity index (χ0v) is 11.3. The number of carbonyl (C=O) groups excluding carboxylic acids is 1. The Hall–Kier alpha value is -1.49. The molecule has 5 heteroatoms. The Kier molecular flexibility index (Phi) is 4.85. The molecule has 1 amide bonds. The van der Waals surface area contributed by atoms with E-state index in [0.29, 0.717) is 11.6 Å². The maximum absolute atomic E-state index is 12.0. The van der Waals surface area contributed by atoms with Gasteiger partial charge in [0.05, 0.1) is 24.5 Å². The summed E-state index contributed by atoms with van der Waals surface area (Å²) in [5.41, 5.74) is 1.08. The maximum atomic E-state index is 12.0. The van der Waals surface area contributed by atoms with Crippen molar-refractivity contribution in [2.45, 2.75) is 45.1 Å². The topological polar surface area (TPSA) is 75.1 Å². The Morgan fingerprint density at radius 1 is 1.42 bits per heavy atom. The average Bonchev–Trinajstić information content (AvgIpc) is 2.91. The molecule has 0 saturated heterocycles. The number of rotatable bonds is 5. The van der Waals surface area contributed by atoms with Crippen LogP contribution in [0.4, 0.5) is 0 Å². The van der Waals surface area contributed by atoms with Crippen molar-refractivity contribution in [2.75, 3.05) is 6.61 Å². The highest BCUT2D eigenvalue weighted by atomic mass is 16.3. The van der Waals surface area contributed by atoms with Crippen molar-refractivity contribution in [1.29, 1.82) is 0 Å². The van der Waals surface area contributed by atoms with Crippen molar-refractivity contribution in [3.63, 3.8) is 0 Å². The first-order valence-corrected chi connectivity index (χ1v) is 6.89. The van der Waals surface area contributed by atoms with Gasteiger partial charge in [0.1, 0.15) is 5.69 Å². The van der Waals surface area contributed by atoms with E-state index >= 15 is 0 Å². The van der Waals surface area contributed by atoms with Gasteiger partial charge in [-0.25, -0.2) is 4.98 Å². The molecule has 1 aromatic rings. The molecule has 1 aliphatic carbocycles. The third-order valence-corrected chi connectivity index (χ3v) is 3.66. The first-order valence-electron chi connectivity index (χ1n) is 6.89. The lowest BCUT2D eigenvalue weighted by atomic mass is 9.99. The fraction of sp³-hybridized carbons (Fsp3) is 0.643. The van der Waals surface area contributed by atoms with Gasteiger partial charge in [0.25, 0.3) is 5.91 Å². The number of aliphatic hydroxyl groups excluding tert-OH is 1. The minimum atomic E-state index is -0.260. The molecule has 104 valence electrons. The molecule has 0 aliphatic heterocycles. The number of nitrogens with zero attached hydrogens (tertiary/aromatic N) is 2. The van der Waals surface area contributed by atoms with Crippen LogP contribution in [0.3, 0.4) is 0 Å². The van der Waals surface area contributed by atoms with Gasteiger partial charge in [-0.2, -0.15) is 0 Å². The number of aryl methyl sites for hydroxylation is 1. The summed E-state index contributed by atoms with van der Waals surface area (Å²) in [5, 5.41) is 12.2. The van der Waals surface area contributed by atoms with Crippen LogP contribution in [0.25, 0.3) is 0 Å². The lowest BCUT2D eigenvalue weighted by Gasteiger charge is -2.19. The SMILES string of the molecule is Cc1cnc(C(=O)N[C@@H](CO)CC2CCCC2)cn1. The summed E-state index contributed by atoms with van der Waals surface area (Å²) in [4.78, 5) is 20.1. The number of aromatic nitrogens is 2. The Morgan fingerprint density at radius 2 is 2.16 bits per heavy atom. The summed E-state index contributed by atoms with van der Waals surface area (Å²) in [5.74, 6) is 0.367. The second-order valence-corrected chi connectivity index (χ2v) is 5.28. The highest BCUT2D eigenvalue weighted by Gasteiger charge is 2.21. The van der Waals surface area contributed by atoms with Gasteiger partial charge in [-0.1, -0.05) is 25.7 Å². The summed E-state index contributed by atoms with van der Waals surface area (Å²) >= 11 is 0. The number of aliphatic hydroxyl groups is 1. The normalized spacial score (nSPS) is 17.4. The Bertz CT molecular complexity index is 413. The van der Waals surface area contributed by atoms with E-state index in [1.54, 1.807) is 6.20 Å². The van der Waals surface area contributed by atoms with Crippen molar-refractivity contribution in [3.8, 4) is 0 Å². The zero-order chi connectivity index (χ0) is 13.7. The molecular weight excluding hydrogens is 242 g/mol. The first-order chi connectivity index (χ1) is 9.19. The van der Waals surface area contributed by atoms with Crippen molar-refractivity contribution < 1.29 is 9.90 Å². The van der Waals surface area contributed by atoms with E-state index in [1.807, 2.05) is 6.92 Å². The van der Waals surface area contributed by atoms with Gasteiger partial charge < -0.3 is 10.4 Å². The maximum Gasteiger partial charge on any atom is 0.271 e. The second-order valence-electron chi connectivity index (χ2n) is 5.28. The number of carbonyl (C=O) groups is 1. The number of nitrogens with one attached hydrogen (secondary N) is 1. The molecular formula is C14H21N3O2. The summed E-state index contributed by atoms with van der Waals surface area (Å²) in [6, 6.07) is -0.182. The minimum Gasteiger partial charge on any atom is -0.394 e. The third kappa shape index (κ3) is 3.99. The van der Waals surface area contributed by atoms with E-state index in [4.69, 9.17) is 0 Å². The lowest BCUT2D eigenvalue weighted by molar-refractivity contribution is 0.0901. The molecule has 0 radical (unpaired) electrons. The summed E-state index contributed by atoms with van der Waals surface area (Å²) in [6.45, 7) is 1.80. The van der Waals surface area contributed by atoms with Gasteiger partial charge in [0, 0.05) is 6.20 Å². The van der Waals surface area contributed by atoms with Crippen LogP contribution >= 0.6 is 0 Å². The Labute approximate surface area is 113 Å². The average molecular weight is 263 g/mol. The van der Waals surface area contributed by atoms with E-state index in [0.717, 1.165) is 12.1 Å². The number of hydrogen-bond acceptors (Lipinski definition) is 4. The Morgan fingerprint density at radius 3 is 2.74 bits per heavy atom. The van der Waals surface area contributed by atoms with Crippen molar-refractivity contribution in [1.82, 2.24) is 15.3 Å². The molecule has 2 N–H and O–H groups in total. The van der Waals surface area contributed by atoms with Crippen LogP contribution < -0.4 is 5.32 Å². The van der Waals surface area contributed by atoms with Gasteiger partial charge in [-0.05, 0) is 19.3 Å².